The van der Waals surface area contributed by atoms with Gasteiger partial charge >= 0.3 is 0 Å². The molecule has 0 aromatic heterocycles. The summed E-state index contributed by atoms with van der Waals surface area (Å²) in [6, 6.07) is 0. The van der Waals surface area contributed by atoms with E-state index in [9.17, 15) is 0 Å². The zero-order valence-corrected chi connectivity index (χ0v) is 11.8. The molecule has 0 rings (SSSR count). The van der Waals surface area contributed by atoms with Gasteiger partial charge in [-0.05, 0) is 27.2 Å². The van der Waals surface area contributed by atoms with Crippen LogP contribution in [0.25, 0.3) is 0 Å². The Morgan fingerprint density at radius 3 is 2.21 bits per heavy atom. The number of hydrogen-bond donors (Lipinski definition) is 2. The summed E-state index contributed by atoms with van der Waals surface area (Å²) >= 11 is 2.41. The third-order valence-electron chi connectivity index (χ3n) is 2.55. The number of rotatable bonds is 6. The highest BCUT2D eigenvalue weighted by molar-refractivity contribution is 14.1. The van der Waals surface area contributed by atoms with E-state index < -0.39 is 6.29 Å². The minimum Gasteiger partial charge on any atom is -0.368 e. The Labute approximate surface area is 101 Å². The number of aliphatic hydroxyl groups excluding tert-OH is 1. The standard InChI is InChI=1S/C10H22INO2/c1-6-10(5,7(2)11)12-8(3)14-9(4)13/h7-9,12-13H,6H2,1-5H3. The lowest BCUT2D eigenvalue weighted by molar-refractivity contribution is -0.133. The Hall–Kier alpha value is 0.610. The molecule has 0 saturated heterocycles. The van der Waals surface area contributed by atoms with Crippen LogP contribution < -0.4 is 5.32 Å². The number of nitrogens with one attached hydrogen (secondary N) is 1. The molecule has 0 aliphatic rings. The van der Waals surface area contributed by atoms with E-state index in [-0.39, 0.29) is 11.8 Å². The number of ether oxygens (including phenoxy) is 1. The fraction of sp³-hybridized carbons (Fsp3) is 1.00. The number of halogens is 1. The van der Waals surface area contributed by atoms with Crippen molar-refractivity contribution in [2.45, 2.75) is 63.0 Å². The van der Waals surface area contributed by atoms with Crippen LogP contribution >= 0.6 is 22.6 Å². The van der Waals surface area contributed by atoms with Crippen molar-refractivity contribution in [2.75, 3.05) is 0 Å². The first-order chi connectivity index (χ1) is 6.31. The first kappa shape index (κ1) is 14.6. The molecule has 86 valence electrons. The molecule has 4 atom stereocenters. The van der Waals surface area contributed by atoms with Crippen molar-refractivity contribution in [3.8, 4) is 0 Å². The Morgan fingerprint density at radius 2 is 1.93 bits per heavy atom. The maximum Gasteiger partial charge on any atom is 0.153 e. The largest absolute Gasteiger partial charge is 0.368 e. The van der Waals surface area contributed by atoms with Crippen molar-refractivity contribution in [3.63, 3.8) is 0 Å². The van der Waals surface area contributed by atoms with E-state index in [4.69, 9.17) is 9.84 Å². The van der Waals surface area contributed by atoms with Crippen molar-refractivity contribution in [1.29, 1.82) is 0 Å². The molecule has 0 bridgehead atoms. The van der Waals surface area contributed by atoms with Crippen molar-refractivity contribution in [2.24, 2.45) is 0 Å². The van der Waals surface area contributed by atoms with Crippen LogP contribution in [0.4, 0.5) is 0 Å². The fourth-order valence-electron chi connectivity index (χ4n) is 1.29. The summed E-state index contributed by atoms with van der Waals surface area (Å²) in [7, 11) is 0. The Morgan fingerprint density at radius 1 is 1.43 bits per heavy atom. The van der Waals surface area contributed by atoms with Gasteiger partial charge in [0, 0.05) is 9.46 Å². The van der Waals surface area contributed by atoms with Gasteiger partial charge in [-0.3, -0.25) is 5.32 Å². The number of alkyl halides is 1. The molecule has 0 aliphatic carbocycles. The SMILES string of the molecule is CCC(C)(NC(C)OC(C)O)C(C)I. The first-order valence-corrected chi connectivity index (χ1v) is 6.31. The van der Waals surface area contributed by atoms with Gasteiger partial charge in [0.15, 0.2) is 6.29 Å². The van der Waals surface area contributed by atoms with Gasteiger partial charge in [-0.15, -0.1) is 0 Å². The second kappa shape index (κ2) is 6.25. The van der Waals surface area contributed by atoms with Crippen LogP contribution in [0.2, 0.25) is 0 Å². The monoisotopic (exact) mass is 315 g/mol. The van der Waals surface area contributed by atoms with Gasteiger partial charge in [0.1, 0.15) is 6.23 Å². The van der Waals surface area contributed by atoms with Gasteiger partial charge in [0.25, 0.3) is 0 Å². The molecule has 4 unspecified atom stereocenters. The summed E-state index contributed by atoms with van der Waals surface area (Å²) < 4.78 is 5.74. The predicted octanol–water partition coefficient (Wildman–Crippen LogP) is 2.27. The van der Waals surface area contributed by atoms with Gasteiger partial charge in [-0.25, -0.2) is 0 Å². The van der Waals surface area contributed by atoms with Crippen molar-refractivity contribution < 1.29 is 9.84 Å². The van der Waals surface area contributed by atoms with Gasteiger partial charge in [-0.1, -0.05) is 36.4 Å². The van der Waals surface area contributed by atoms with Gasteiger partial charge in [0.2, 0.25) is 0 Å². The van der Waals surface area contributed by atoms with E-state index in [0.29, 0.717) is 3.92 Å². The lowest BCUT2D eigenvalue weighted by Gasteiger charge is -2.36. The summed E-state index contributed by atoms with van der Waals surface area (Å²) in [5, 5.41) is 12.5. The van der Waals surface area contributed by atoms with Gasteiger partial charge < -0.3 is 9.84 Å². The molecule has 4 heteroatoms. The molecule has 0 amide bonds. The summed E-state index contributed by atoms with van der Waals surface area (Å²) in [4.78, 5) is 0. The van der Waals surface area contributed by atoms with E-state index in [1.807, 2.05) is 6.92 Å². The van der Waals surface area contributed by atoms with E-state index >= 15 is 0 Å². The van der Waals surface area contributed by atoms with Crippen LogP contribution in [0.15, 0.2) is 0 Å². The van der Waals surface area contributed by atoms with E-state index in [1.54, 1.807) is 6.92 Å². The summed E-state index contributed by atoms with van der Waals surface area (Å²) in [6.45, 7) is 10.0. The van der Waals surface area contributed by atoms with E-state index in [2.05, 4.69) is 48.7 Å². The molecule has 0 aliphatic heterocycles. The summed E-state index contributed by atoms with van der Waals surface area (Å²) in [5.74, 6) is 0. The van der Waals surface area contributed by atoms with Crippen LogP contribution in [0.3, 0.4) is 0 Å². The highest BCUT2D eigenvalue weighted by Gasteiger charge is 2.29. The third-order valence-corrected chi connectivity index (χ3v) is 3.92. The lowest BCUT2D eigenvalue weighted by atomic mass is 9.95. The molecule has 0 radical (unpaired) electrons. The maximum absolute atomic E-state index is 9.07. The molecule has 0 aromatic rings. The topological polar surface area (TPSA) is 41.5 Å². The molecular weight excluding hydrogens is 293 g/mol. The van der Waals surface area contributed by atoms with Crippen molar-refractivity contribution in [3.05, 3.63) is 0 Å². The number of hydrogen-bond acceptors (Lipinski definition) is 3. The molecule has 14 heavy (non-hydrogen) atoms. The molecule has 0 spiro atoms. The molecule has 0 heterocycles. The maximum atomic E-state index is 9.07. The van der Waals surface area contributed by atoms with Crippen LogP contribution in [0, 0.1) is 0 Å². The quantitative estimate of drug-likeness (QED) is 0.449. The third kappa shape index (κ3) is 4.91. The Balaban J connectivity index is 4.17. The second-order valence-corrected chi connectivity index (χ2v) is 5.78. The summed E-state index contributed by atoms with van der Waals surface area (Å²) in [5.41, 5.74) is 0.0505. The minimum atomic E-state index is -0.719. The second-order valence-electron chi connectivity index (χ2n) is 3.91. The molecule has 3 nitrogen and oxygen atoms in total. The smallest absolute Gasteiger partial charge is 0.153 e. The van der Waals surface area contributed by atoms with Crippen LogP contribution in [0.5, 0.6) is 0 Å². The van der Waals surface area contributed by atoms with Crippen LogP contribution in [-0.2, 0) is 4.74 Å². The lowest BCUT2D eigenvalue weighted by Crippen LogP contribution is -2.53. The highest BCUT2D eigenvalue weighted by atomic mass is 127. The highest BCUT2D eigenvalue weighted by Crippen LogP contribution is 2.22. The molecule has 2 N–H and O–H groups in total. The van der Waals surface area contributed by atoms with E-state index in [0.717, 1.165) is 6.42 Å². The Kier molecular flexibility index (Phi) is 6.52. The van der Waals surface area contributed by atoms with Crippen molar-refractivity contribution in [1.82, 2.24) is 5.32 Å². The zero-order valence-electron chi connectivity index (χ0n) is 9.67. The molecule has 0 saturated carbocycles. The average molecular weight is 315 g/mol. The normalized spacial score (nSPS) is 22.5. The first-order valence-electron chi connectivity index (χ1n) is 5.07. The van der Waals surface area contributed by atoms with Gasteiger partial charge in [0.05, 0.1) is 0 Å². The predicted molar refractivity (Wildman–Crippen MR) is 67.5 cm³/mol. The molecule has 0 fully saturated rings. The van der Waals surface area contributed by atoms with E-state index in [1.165, 1.54) is 0 Å². The zero-order chi connectivity index (χ0) is 11.4. The summed E-state index contributed by atoms with van der Waals surface area (Å²) in [6.07, 6.45) is 0.185. The van der Waals surface area contributed by atoms with Crippen LogP contribution in [-0.4, -0.2) is 27.1 Å². The van der Waals surface area contributed by atoms with Crippen LogP contribution in [0.1, 0.15) is 41.0 Å². The van der Waals surface area contributed by atoms with Crippen molar-refractivity contribution >= 4 is 22.6 Å². The number of aliphatic hydroxyl groups is 1. The molecular formula is C10H22INO2. The molecule has 0 aromatic carbocycles. The minimum absolute atomic E-state index is 0.0505. The fourth-order valence-corrected chi connectivity index (χ4v) is 1.91. The average Bonchev–Trinajstić information content (AvgIpc) is 2.01. The Bertz CT molecular complexity index is 164. The van der Waals surface area contributed by atoms with Gasteiger partial charge in [-0.2, -0.15) is 0 Å².